The molecule has 0 spiro atoms. The third-order valence-electron chi connectivity index (χ3n) is 5.75. The van der Waals surface area contributed by atoms with Crippen LogP contribution < -0.4 is 4.74 Å². The van der Waals surface area contributed by atoms with E-state index >= 15 is 0 Å². The largest absolute Gasteiger partial charge is 0.500 e. The lowest BCUT2D eigenvalue weighted by molar-refractivity contribution is -0.190. The number of halogens is 3. The van der Waals surface area contributed by atoms with Crippen molar-refractivity contribution in [3.63, 3.8) is 0 Å². The smallest absolute Gasteiger partial charge is 0.201 e. The monoisotopic (exact) mass is 452 g/mol. The van der Waals surface area contributed by atoms with Gasteiger partial charge in [0.05, 0.1) is 13.2 Å². The zero-order chi connectivity index (χ0) is 23.4. The molecule has 0 bridgehead atoms. The van der Waals surface area contributed by atoms with Gasteiger partial charge in [-0.2, -0.15) is 4.39 Å². The van der Waals surface area contributed by atoms with E-state index in [-0.39, 0.29) is 35.8 Å². The molecule has 1 heterocycles. The molecule has 1 aliphatic rings. The average Bonchev–Trinajstić information content (AvgIpc) is 2.83. The quantitative estimate of drug-likeness (QED) is 0.400. The average molecular weight is 452 g/mol. The number of benzene rings is 3. The molecule has 3 aromatic carbocycles. The van der Waals surface area contributed by atoms with Gasteiger partial charge in [-0.05, 0) is 46.9 Å². The molecule has 0 N–H and O–H groups in total. The minimum absolute atomic E-state index is 0.101. The molecule has 170 valence electrons. The van der Waals surface area contributed by atoms with Crippen molar-refractivity contribution >= 4 is 7.85 Å². The minimum atomic E-state index is -1.09. The van der Waals surface area contributed by atoms with Gasteiger partial charge in [-0.15, -0.1) is 0 Å². The molecule has 1 aliphatic heterocycles. The summed E-state index contributed by atoms with van der Waals surface area (Å²) in [5.74, 6) is -2.82. The van der Waals surface area contributed by atoms with Gasteiger partial charge in [-0.3, -0.25) is 0 Å². The van der Waals surface area contributed by atoms with Gasteiger partial charge >= 0.3 is 0 Å². The fourth-order valence-electron chi connectivity index (χ4n) is 3.96. The highest BCUT2D eigenvalue weighted by Crippen LogP contribution is 2.33. The maximum absolute atomic E-state index is 14.9. The third kappa shape index (κ3) is 5.10. The van der Waals surface area contributed by atoms with Crippen LogP contribution in [0.2, 0.25) is 0 Å². The molecule has 0 unspecified atom stereocenters. The zero-order valence-electron chi connectivity index (χ0n) is 18.3. The van der Waals surface area contributed by atoms with Gasteiger partial charge in [-0.1, -0.05) is 49.7 Å². The summed E-state index contributed by atoms with van der Waals surface area (Å²) in [6, 6.07) is 14.7. The number of rotatable bonds is 7. The Balaban J connectivity index is 1.51. The highest BCUT2D eigenvalue weighted by molar-refractivity contribution is 6.08. The van der Waals surface area contributed by atoms with Crippen LogP contribution in [0.15, 0.2) is 54.6 Å². The van der Waals surface area contributed by atoms with E-state index in [1.165, 1.54) is 18.2 Å². The minimum Gasteiger partial charge on any atom is -0.500 e. The molecule has 0 atom stereocenters. The summed E-state index contributed by atoms with van der Waals surface area (Å²) in [6.45, 7) is 2.66. The van der Waals surface area contributed by atoms with Crippen molar-refractivity contribution in [3.8, 4) is 28.0 Å². The Morgan fingerprint density at radius 1 is 0.879 bits per heavy atom. The van der Waals surface area contributed by atoms with Crippen molar-refractivity contribution < 1.29 is 27.4 Å². The van der Waals surface area contributed by atoms with Crippen LogP contribution in [0.4, 0.5) is 13.2 Å². The van der Waals surface area contributed by atoms with Gasteiger partial charge in [0.1, 0.15) is 13.7 Å². The molecule has 0 aromatic heterocycles. The second-order valence-electron chi connectivity index (χ2n) is 7.95. The van der Waals surface area contributed by atoms with Gasteiger partial charge in [0.2, 0.25) is 5.82 Å². The van der Waals surface area contributed by atoms with E-state index in [0.717, 1.165) is 18.4 Å². The van der Waals surface area contributed by atoms with Gasteiger partial charge in [0.15, 0.2) is 17.9 Å². The predicted molar refractivity (Wildman–Crippen MR) is 122 cm³/mol. The summed E-state index contributed by atoms with van der Waals surface area (Å²) < 4.78 is 59.8. The summed E-state index contributed by atoms with van der Waals surface area (Å²) in [7, 11) is 5.23. The van der Waals surface area contributed by atoms with E-state index in [1.807, 2.05) is 6.07 Å². The second-order valence-corrected chi connectivity index (χ2v) is 7.95. The Labute approximate surface area is 192 Å². The van der Waals surface area contributed by atoms with E-state index in [4.69, 9.17) is 22.1 Å². The molecule has 0 aliphatic carbocycles. The Bertz CT molecular complexity index is 1100. The SMILES string of the molecule is [B]COc1ccc(-c2ccc(-c3ccc(C4COC(CCC)OC4)c(F)c3)cc2)c(F)c1F. The predicted octanol–water partition coefficient (Wildman–Crippen LogP) is 6.20. The van der Waals surface area contributed by atoms with Gasteiger partial charge in [0.25, 0.3) is 0 Å². The molecule has 2 radical (unpaired) electrons. The van der Waals surface area contributed by atoms with Crippen LogP contribution in [0.3, 0.4) is 0 Å². The van der Waals surface area contributed by atoms with Crippen LogP contribution >= 0.6 is 0 Å². The van der Waals surface area contributed by atoms with Crippen molar-refractivity contribution in [1.82, 2.24) is 0 Å². The molecular formula is C26H24BF3O3. The van der Waals surface area contributed by atoms with Gasteiger partial charge < -0.3 is 14.2 Å². The van der Waals surface area contributed by atoms with Gasteiger partial charge in [0, 0.05) is 18.0 Å². The molecule has 0 saturated carbocycles. The van der Waals surface area contributed by atoms with Crippen LogP contribution in [-0.2, 0) is 9.47 Å². The molecule has 0 amide bonds. The van der Waals surface area contributed by atoms with E-state index < -0.39 is 11.6 Å². The lowest BCUT2D eigenvalue weighted by Gasteiger charge is -2.29. The molecule has 1 saturated heterocycles. The number of hydrogen-bond acceptors (Lipinski definition) is 3. The molecule has 4 rings (SSSR count). The van der Waals surface area contributed by atoms with Crippen molar-refractivity contribution in [2.24, 2.45) is 0 Å². The van der Waals surface area contributed by atoms with E-state index in [2.05, 4.69) is 6.92 Å². The molecule has 3 nitrogen and oxygen atoms in total. The molecule has 7 heteroatoms. The normalized spacial score (nSPS) is 18.3. The highest BCUT2D eigenvalue weighted by Gasteiger charge is 2.25. The highest BCUT2D eigenvalue weighted by atomic mass is 19.2. The first-order chi connectivity index (χ1) is 16.0. The Morgan fingerprint density at radius 2 is 1.55 bits per heavy atom. The van der Waals surface area contributed by atoms with Crippen molar-refractivity contribution in [2.75, 3.05) is 19.7 Å². The third-order valence-corrected chi connectivity index (χ3v) is 5.75. The Hall–Kier alpha value is -2.77. The lowest BCUT2D eigenvalue weighted by Crippen LogP contribution is -2.31. The summed E-state index contributed by atoms with van der Waals surface area (Å²) in [6.07, 6.45) is 1.58. The van der Waals surface area contributed by atoms with Crippen LogP contribution in [0.25, 0.3) is 22.3 Å². The van der Waals surface area contributed by atoms with Crippen molar-refractivity contribution in [3.05, 3.63) is 77.6 Å². The lowest BCUT2D eigenvalue weighted by atomic mass is 9.95. The fraction of sp³-hybridized carbons (Fsp3) is 0.308. The van der Waals surface area contributed by atoms with Gasteiger partial charge in [-0.25, -0.2) is 8.78 Å². The first kappa shape index (κ1) is 23.4. The molecule has 1 fully saturated rings. The summed E-state index contributed by atoms with van der Waals surface area (Å²) in [4.78, 5) is 0. The van der Waals surface area contributed by atoms with E-state index in [9.17, 15) is 13.2 Å². The second kappa shape index (κ2) is 10.4. The number of hydrogen-bond donors (Lipinski definition) is 0. The summed E-state index contributed by atoms with van der Waals surface area (Å²) in [5, 5.41) is 0. The van der Waals surface area contributed by atoms with E-state index in [0.29, 0.717) is 29.9 Å². The Morgan fingerprint density at radius 3 is 2.18 bits per heavy atom. The number of ether oxygens (including phenoxy) is 3. The first-order valence-electron chi connectivity index (χ1n) is 11.0. The fourth-order valence-corrected chi connectivity index (χ4v) is 3.96. The van der Waals surface area contributed by atoms with Crippen LogP contribution in [0, 0.1) is 17.5 Å². The zero-order valence-corrected chi connectivity index (χ0v) is 18.3. The van der Waals surface area contributed by atoms with Crippen LogP contribution in [-0.4, -0.2) is 33.9 Å². The Kier molecular flexibility index (Phi) is 7.41. The standard InChI is InChI=1S/C26H24BF3O3/c1-2-3-24-31-13-19(14-32-24)20-9-8-18(12-22(20)28)16-4-6-17(7-5-16)21-10-11-23(33-15-27)26(30)25(21)29/h4-12,19,24H,2-3,13-15H2,1H3. The van der Waals surface area contributed by atoms with Crippen molar-refractivity contribution in [1.29, 1.82) is 0 Å². The van der Waals surface area contributed by atoms with Crippen molar-refractivity contribution in [2.45, 2.75) is 32.0 Å². The topological polar surface area (TPSA) is 27.7 Å². The summed E-state index contributed by atoms with van der Waals surface area (Å²) >= 11 is 0. The van der Waals surface area contributed by atoms with Crippen LogP contribution in [0.5, 0.6) is 5.75 Å². The maximum atomic E-state index is 14.9. The maximum Gasteiger partial charge on any atom is 0.201 e. The molecular weight excluding hydrogens is 428 g/mol. The van der Waals surface area contributed by atoms with Crippen LogP contribution in [0.1, 0.15) is 31.2 Å². The molecule has 3 aromatic rings. The molecule has 33 heavy (non-hydrogen) atoms. The first-order valence-corrected chi connectivity index (χ1v) is 11.0. The van der Waals surface area contributed by atoms with E-state index in [1.54, 1.807) is 30.3 Å². The summed E-state index contributed by atoms with van der Waals surface area (Å²) in [5.41, 5.74) is 2.59.